The first kappa shape index (κ1) is 10.6. The number of rotatable bonds is 3. The summed E-state index contributed by atoms with van der Waals surface area (Å²) < 4.78 is 0. The number of imidazole rings is 1. The monoisotopic (exact) mass is 240 g/mol. The first-order chi connectivity index (χ1) is 8.83. The van der Waals surface area contributed by atoms with Crippen LogP contribution >= 0.6 is 0 Å². The summed E-state index contributed by atoms with van der Waals surface area (Å²) in [5.41, 5.74) is 2.43. The van der Waals surface area contributed by atoms with Gasteiger partial charge < -0.3 is 15.3 Å². The zero-order valence-electron chi connectivity index (χ0n) is 9.60. The van der Waals surface area contributed by atoms with E-state index < -0.39 is 0 Å². The predicted molar refractivity (Wildman–Crippen MR) is 68.1 cm³/mol. The van der Waals surface area contributed by atoms with Gasteiger partial charge in [-0.2, -0.15) is 0 Å². The van der Waals surface area contributed by atoms with Crippen molar-refractivity contribution >= 4 is 16.9 Å². The Morgan fingerprint density at radius 2 is 2.11 bits per heavy atom. The molecule has 0 spiro atoms. The number of hydrogen-bond acceptors (Lipinski definition) is 2. The van der Waals surface area contributed by atoms with E-state index in [2.05, 4.69) is 20.3 Å². The second-order valence-electron chi connectivity index (χ2n) is 3.97. The molecule has 0 atom stereocenters. The average molecular weight is 240 g/mol. The van der Waals surface area contributed by atoms with Crippen LogP contribution in [0.5, 0.6) is 0 Å². The van der Waals surface area contributed by atoms with E-state index in [-0.39, 0.29) is 5.91 Å². The molecule has 5 heteroatoms. The van der Waals surface area contributed by atoms with Gasteiger partial charge in [0.2, 0.25) is 0 Å². The molecular formula is C13H12N4O. The third kappa shape index (κ3) is 1.98. The minimum Gasteiger partial charge on any atom is -0.357 e. The number of nitrogens with zero attached hydrogens (tertiary/aromatic N) is 1. The van der Waals surface area contributed by atoms with Gasteiger partial charge in [0.1, 0.15) is 11.5 Å². The van der Waals surface area contributed by atoms with E-state index in [0.717, 1.165) is 16.9 Å². The second-order valence-corrected chi connectivity index (χ2v) is 3.97. The van der Waals surface area contributed by atoms with Gasteiger partial charge in [-0.25, -0.2) is 4.98 Å². The van der Waals surface area contributed by atoms with E-state index >= 15 is 0 Å². The quantitative estimate of drug-likeness (QED) is 0.653. The van der Waals surface area contributed by atoms with Crippen molar-refractivity contribution in [3.63, 3.8) is 0 Å². The molecular weight excluding hydrogens is 228 g/mol. The molecule has 5 nitrogen and oxygen atoms in total. The van der Waals surface area contributed by atoms with Crippen molar-refractivity contribution in [3.05, 3.63) is 54.1 Å². The Morgan fingerprint density at radius 3 is 2.89 bits per heavy atom. The van der Waals surface area contributed by atoms with Crippen LogP contribution in [0.3, 0.4) is 0 Å². The Morgan fingerprint density at radius 1 is 1.22 bits per heavy atom. The lowest BCUT2D eigenvalue weighted by atomic mass is 10.3. The van der Waals surface area contributed by atoms with Crippen LogP contribution in [0.25, 0.3) is 11.0 Å². The molecule has 0 saturated carbocycles. The lowest BCUT2D eigenvalue weighted by molar-refractivity contribution is 0.0945. The van der Waals surface area contributed by atoms with Crippen LogP contribution in [-0.2, 0) is 6.54 Å². The van der Waals surface area contributed by atoms with Crippen molar-refractivity contribution in [1.29, 1.82) is 0 Å². The van der Waals surface area contributed by atoms with Gasteiger partial charge in [0.25, 0.3) is 5.91 Å². The molecule has 90 valence electrons. The predicted octanol–water partition coefficient (Wildman–Crippen LogP) is 1.82. The smallest absolute Gasteiger partial charge is 0.268 e. The van der Waals surface area contributed by atoms with Gasteiger partial charge in [-0.05, 0) is 24.3 Å². The molecule has 1 aromatic carbocycles. The Bertz CT molecular complexity index is 636. The number of aromatic amines is 2. The summed E-state index contributed by atoms with van der Waals surface area (Å²) >= 11 is 0. The lowest BCUT2D eigenvalue weighted by Crippen LogP contribution is -2.23. The molecule has 2 aromatic heterocycles. The van der Waals surface area contributed by atoms with Crippen LogP contribution in [0.2, 0.25) is 0 Å². The zero-order chi connectivity index (χ0) is 12.4. The van der Waals surface area contributed by atoms with E-state index in [1.165, 1.54) is 0 Å². The largest absolute Gasteiger partial charge is 0.357 e. The van der Waals surface area contributed by atoms with Gasteiger partial charge in [0.05, 0.1) is 17.6 Å². The van der Waals surface area contributed by atoms with Crippen molar-refractivity contribution in [1.82, 2.24) is 20.3 Å². The number of carbonyl (C=O) groups is 1. The number of benzene rings is 1. The number of H-pyrrole nitrogens is 2. The van der Waals surface area contributed by atoms with Gasteiger partial charge in [0, 0.05) is 6.20 Å². The van der Waals surface area contributed by atoms with Crippen LogP contribution in [0.4, 0.5) is 0 Å². The molecule has 2 heterocycles. The number of nitrogens with one attached hydrogen (secondary N) is 3. The fraction of sp³-hybridized carbons (Fsp3) is 0.0769. The zero-order valence-corrected chi connectivity index (χ0v) is 9.60. The van der Waals surface area contributed by atoms with Gasteiger partial charge in [-0.1, -0.05) is 12.1 Å². The summed E-state index contributed by atoms with van der Waals surface area (Å²) in [5.74, 6) is 0.608. The summed E-state index contributed by atoms with van der Waals surface area (Å²) in [5, 5.41) is 2.80. The van der Waals surface area contributed by atoms with E-state index in [1.54, 1.807) is 18.3 Å². The number of fused-ring (bicyclic) bond motifs is 1. The Hall–Kier alpha value is -2.56. The van der Waals surface area contributed by atoms with Gasteiger partial charge in [-0.3, -0.25) is 4.79 Å². The highest BCUT2D eigenvalue weighted by atomic mass is 16.1. The fourth-order valence-electron chi connectivity index (χ4n) is 1.82. The van der Waals surface area contributed by atoms with Gasteiger partial charge in [0.15, 0.2) is 0 Å². The van der Waals surface area contributed by atoms with Crippen molar-refractivity contribution in [2.45, 2.75) is 6.54 Å². The highest BCUT2D eigenvalue weighted by molar-refractivity contribution is 5.92. The SMILES string of the molecule is O=C(NCc1nc2ccccc2[nH]1)c1ccc[nH]1. The standard InChI is InChI=1S/C13H12N4O/c18-13(11-6-3-7-14-11)15-8-12-16-9-4-1-2-5-10(9)17-12/h1-7,14H,8H2,(H,15,18)(H,16,17). The number of hydrogen-bond donors (Lipinski definition) is 3. The molecule has 0 fully saturated rings. The molecule has 3 N–H and O–H groups in total. The lowest BCUT2D eigenvalue weighted by Gasteiger charge is -2.00. The van der Waals surface area contributed by atoms with E-state index in [1.807, 2.05) is 24.3 Å². The summed E-state index contributed by atoms with van der Waals surface area (Å²) in [4.78, 5) is 22.1. The minimum atomic E-state index is -0.138. The average Bonchev–Trinajstić information content (AvgIpc) is 3.04. The third-order valence-electron chi connectivity index (χ3n) is 2.70. The Kier molecular flexibility index (Phi) is 2.57. The summed E-state index contributed by atoms with van der Waals surface area (Å²) in [6, 6.07) is 11.3. The molecule has 0 radical (unpaired) electrons. The van der Waals surface area contributed by atoms with Crippen molar-refractivity contribution in [2.24, 2.45) is 0 Å². The maximum atomic E-state index is 11.7. The van der Waals surface area contributed by atoms with Crippen LogP contribution in [0.15, 0.2) is 42.6 Å². The molecule has 3 rings (SSSR count). The molecule has 0 unspecified atom stereocenters. The molecule has 0 aliphatic rings. The van der Waals surface area contributed by atoms with Crippen LogP contribution in [0.1, 0.15) is 16.3 Å². The normalized spacial score (nSPS) is 10.7. The Balaban J connectivity index is 1.71. The summed E-state index contributed by atoms with van der Waals surface area (Å²) in [6.45, 7) is 0.381. The molecule has 0 aliphatic heterocycles. The molecule has 1 amide bonds. The molecule has 3 aromatic rings. The maximum Gasteiger partial charge on any atom is 0.268 e. The van der Waals surface area contributed by atoms with E-state index in [0.29, 0.717) is 12.2 Å². The van der Waals surface area contributed by atoms with Crippen molar-refractivity contribution in [3.8, 4) is 0 Å². The fourth-order valence-corrected chi connectivity index (χ4v) is 1.82. The number of carbonyl (C=O) groups excluding carboxylic acids is 1. The summed E-state index contributed by atoms with van der Waals surface area (Å²) in [6.07, 6.45) is 1.72. The first-order valence-corrected chi connectivity index (χ1v) is 5.68. The second kappa shape index (κ2) is 4.37. The van der Waals surface area contributed by atoms with Crippen LogP contribution < -0.4 is 5.32 Å². The first-order valence-electron chi connectivity index (χ1n) is 5.68. The molecule has 0 aliphatic carbocycles. The number of aromatic nitrogens is 3. The van der Waals surface area contributed by atoms with Gasteiger partial charge >= 0.3 is 0 Å². The highest BCUT2D eigenvalue weighted by Crippen LogP contribution is 2.09. The highest BCUT2D eigenvalue weighted by Gasteiger charge is 2.07. The Labute approximate surface area is 103 Å². The van der Waals surface area contributed by atoms with Crippen molar-refractivity contribution < 1.29 is 4.79 Å². The molecule has 18 heavy (non-hydrogen) atoms. The summed E-state index contributed by atoms with van der Waals surface area (Å²) in [7, 11) is 0. The van der Waals surface area contributed by atoms with Crippen molar-refractivity contribution in [2.75, 3.05) is 0 Å². The molecule has 0 bridgehead atoms. The topological polar surface area (TPSA) is 73.6 Å². The maximum absolute atomic E-state index is 11.7. The van der Waals surface area contributed by atoms with E-state index in [9.17, 15) is 4.79 Å². The number of para-hydroxylation sites is 2. The molecule has 0 saturated heterocycles. The van der Waals surface area contributed by atoms with E-state index in [4.69, 9.17) is 0 Å². The third-order valence-corrected chi connectivity index (χ3v) is 2.70. The van der Waals surface area contributed by atoms with Crippen LogP contribution in [-0.4, -0.2) is 20.9 Å². The number of amides is 1. The minimum absolute atomic E-state index is 0.138. The van der Waals surface area contributed by atoms with Crippen LogP contribution in [0, 0.1) is 0 Å². The van der Waals surface area contributed by atoms with Gasteiger partial charge in [-0.15, -0.1) is 0 Å².